The molecule has 1 rings (SSSR count). The summed E-state index contributed by atoms with van der Waals surface area (Å²) < 4.78 is 5.24. The molecular weight excluding hydrogens is 220 g/mol. The summed E-state index contributed by atoms with van der Waals surface area (Å²) in [5.41, 5.74) is 0. The van der Waals surface area contributed by atoms with Gasteiger partial charge in [0.2, 0.25) is 5.91 Å². The lowest BCUT2D eigenvalue weighted by molar-refractivity contribution is -0.140. The number of nitrogens with zero attached hydrogens (tertiary/aromatic N) is 2. The number of rotatable bonds is 6. The van der Waals surface area contributed by atoms with Crippen molar-refractivity contribution in [3.63, 3.8) is 0 Å². The number of likely N-dealkylation sites (N-methyl/N-ethyl adjacent to an activating group) is 1. The Hall–Kier alpha value is -0.650. The van der Waals surface area contributed by atoms with Gasteiger partial charge in [0.05, 0.1) is 19.3 Å². The largest absolute Gasteiger partial charge is 0.396 e. The third-order valence-corrected chi connectivity index (χ3v) is 3.24. The molecule has 0 saturated carbocycles. The van der Waals surface area contributed by atoms with E-state index in [2.05, 4.69) is 4.90 Å². The highest BCUT2D eigenvalue weighted by molar-refractivity contribution is 5.81. The smallest absolute Gasteiger partial charge is 0.239 e. The van der Waals surface area contributed by atoms with E-state index < -0.39 is 0 Å². The van der Waals surface area contributed by atoms with Gasteiger partial charge in [-0.25, -0.2) is 0 Å². The molecule has 1 unspecified atom stereocenters. The molecule has 17 heavy (non-hydrogen) atoms. The zero-order valence-corrected chi connectivity index (χ0v) is 10.9. The molecule has 1 aliphatic rings. The molecule has 1 N–H and O–H groups in total. The first-order valence-corrected chi connectivity index (χ1v) is 6.42. The molecule has 1 fully saturated rings. The molecule has 5 nitrogen and oxygen atoms in total. The Labute approximate surface area is 103 Å². The minimum absolute atomic E-state index is 0.107. The molecule has 0 aromatic rings. The van der Waals surface area contributed by atoms with E-state index in [0.717, 1.165) is 13.1 Å². The Kier molecular flexibility index (Phi) is 6.47. The second-order valence-corrected chi connectivity index (χ2v) is 4.32. The van der Waals surface area contributed by atoms with Crippen LogP contribution < -0.4 is 0 Å². The van der Waals surface area contributed by atoms with Crippen molar-refractivity contribution in [1.29, 1.82) is 0 Å². The van der Waals surface area contributed by atoms with E-state index in [1.807, 2.05) is 18.7 Å². The highest BCUT2D eigenvalue weighted by Crippen LogP contribution is 2.07. The fourth-order valence-corrected chi connectivity index (χ4v) is 2.10. The van der Waals surface area contributed by atoms with Gasteiger partial charge in [-0.15, -0.1) is 0 Å². The van der Waals surface area contributed by atoms with Crippen LogP contribution in [0, 0.1) is 0 Å². The van der Waals surface area contributed by atoms with Gasteiger partial charge in [0.25, 0.3) is 0 Å². The second-order valence-electron chi connectivity index (χ2n) is 4.32. The van der Waals surface area contributed by atoms with Crippen molar-refractivity contribution in [2.75, 3.05) is 46.0 Å². The molecule has 100 valence electrons. The molecule has 1 saturated heterocycles. The summed E-state index contributed by atoms with van der Waals surface area (Å²) >= 11 is 0. The molecule has 0 aliphatic carbocycles. The maximum atomic E-state index is 12.2. The molecule has 5 heteroatoms. The second kappa shape index (κ2) is 7.63. The maximum absolute atomic E-state index is 12.2. The van der Waals surface area contributed by atoms with Crippen LogP contribution in [-0.4, -0.2) is 72.9 Å². The summed E-state index contributed by atoms with van der Waals surface area (Å²) in [5.74, 6) is 0.174. The van der Waals surface area contributed by atoms with Gasteiger partial charge in [-0.1, -0.05) is 6.92 Å². The summed E-state index contributed by atoms with van der Waals surface area (Å²) in [6, 6.07) is -0.107. The number of aliphatic hydroxyl groups excluding tert-OH is 1. The predicted octanol–water partition coefficient (Wildman–Crippen LogP) is -0.0620. The lowest BCUT2D eigenvalue weighted by Crippen LogP contribution is -2.50. The molecule has 0 aromatic carbocycles. The maximum Gasteiger partial charge on any atom is 0.239 e. The number of hydrogen-bond donors (Lipinski definition) is 1. The molecule has 1 aliphatic heterocycles. The molecule has 0 aromatic heterocycles. The van der Waals surface area contributed by atoms with Crippen LogP contribution in [0.4, 0.5) is 0 Å². The molecule has 0 spiro atoms. The van der Waals surface area contributed by atoms with Gasteiger partial charge in [0.15, 0.2) is 0 Å². The molecule has 0 radical (unpaired) electrons. The van der Waals surface area contributed by atoms with E-state index in [4.69, 9.17) is 9.84 Å². The number of morpholine rings is 1. The summed E-state index contributed by atoms with van der Waals surface area (Å²) in [6.07, 6.45) is 0.717. The van der Waals surface area contributed by atoms with E-state index in [9.17, 15) is 4.79 Å². The Morgan fingerprint density at radius 2 is 2.12 bits per heavy atom. The van der Waals surface area contributed by atoms with Crippen molar-refractivity contribution >= 4 is 5.91 Å². The van der Waals surface area contributed by atoms with E-state index in [1.54, 1.807) is 0 Å². The van der Waals surface area contributed by atoms with Crippen LogP contribution >= 0.6 is 0 Å². The Balaban J connectivity index is 2.47. The average molecular weight is 244 g/mol. The van der Waals surface area contributed by atoms with Crippen LogP contribution in [0.15, 0.2) is 0 Å². The van der Waals surface area contributed by atoms with Crippen molar-refractivity contribution in [3.05, 3.63) is 0 Å². The number of hydrogen-bond acceptors (Lipinski definition) is 4. The van der Waals surface area contributed by atoms with Gasteiger partial charge in [-0.05, 0) is 19.9 Å². The minimum Gasteiger partial charge on any atom is -0.396 e. The zero-order chi connectivity index (χ0) is 12.7. The van der Waals surface area contributed by atoms with Crippen molar-refractivity contribution in [1.82, 2.24) is 9.80 Å². The highest BCUT2D eigenvalue weighted by atomic mass is 16.5. The van der Waals surface area contributed by atoms with E-state index in [-0.39, 0.29) is 18.6 Å². The molecule has 1 heterocycles. The van der Waals surface area contributed by atoms with Crippen LogP contribution in [0.1, 0.15) is 20.3 Å². The minimum atomic E-state index is -0.107. The third-order valence-electron chi connectivity index (χ3n) is 3.24. The van der Waals surface area contributed by atoms with E-state index in [1.165, 1.54) is 0 Å². The highest BCUT2D eigenvalue weighted by Gasteiger charge is 2.25. The van der Waals surface area contributed by atoms with Crippen LogP contribution in [0.3, 0.4) is 0 Å². The van der Waals surface area contributed by atoms with Crippen molar-refractivity contribution in [2.45, 2.75) is 26.3 Å². The van der Waals surface area contributed by atoms with Crippen molar-refractivity contribution in [2.24, 2.45) is 0 Å². The molecule has 1 atom stereocenters. The van der Waals surface area contributed by atoms with E-state index in [0.29, 0.717) is 32.7 Å². The molecular formula is C12H24N2O3. The van der Waals surface area contributed by atoms with Gasteiger partial charge >= 0.3 is 0 Å². The number of amides is 1. The monoisotopic (exact) mass is 244 g/mol. The van der Waals surface area contributed by atoms with E-state index >= 15 is 0 Å². The summed E-state index contributed by atoms with van der Waals surface area (Å²) in [5, 5.41) is 8.84. The SMILES string of the molecule is CCN(CCCO)C(C)C(=O)N1CCOCC1. The topological polar surface area (TPSA) is 53.0 Å². The van der Waals surface area contributed by atoms with Crippen LogP contribution in [0.5, 0.6) is 0 Å². The lowest BCUT2D eigenvalue weighted by Gasteiger charge is -2.33. The molecule has 0 bridgehead atoms. The Morgan fingerprint density at radius 3 is 2.65 bits per heavy atom. The van der Waals surface area contributed by atoms with Gasteiger partial charge < -0.3 is 14.7 Å². The third kappa shape index (κ3) is 4.26. The standard InChI is InChI=1S/C12H24N2O3/c1-3-13(5-4-8-15)11(2)12(16)14-6-9-17-10-7-14/h11,15H,3-10H2,1-2H3. The summed E-state index contributed by atoms with van der Waals surface area (Å²) in [4.78, 5) is 16.2. The number of carbonyl (C=O) groups excluding carboxylic acids is 1. The van der Waals surface area contributed by atoms with Crippen molar-refractivity contribution < 1.29 is 14.6 Å². The summed E-state index contributed by atoms with van der Waals surface area (Å²) in [6.45, 7) is 8.43. The van der Waals surface area contributed by atoms with Crippen molar-refractivity contribution in [3.8, 4) is 0 Å². The first-order valence-electron chi connectivity index (χ1n) is 6.42. The zero-order valence-electron chi connectivity index (χ0n) is 10.9. The van der Waals surface area contributed by atoms with Crippen LogP contribution in [-0.2, 0) is 9.53 Å². The van der Waals surface area contributed by atoms with Crippen LogP contribution in [0.25, 0.3) is 0 Å². The van der Waals surface area contributed by atoms with Gasteiger partial charge in [0.1, 0.15) is 0 Å². The van der Waals surface area contributed by atoms with Gasteiger partial charge in [-0.2, -0.15) is 0 Å². The number of carbonyl (C=O) groups is 1. The first kappa shape index (κ1) is 14.4. The Bertz CT molecular complexity index is 230. The van der Waals surface area contributed by atoms with Gasteiger partial charge in [-0.3, -0.25) is 9.69 Å². The number of ether oxygens (including phenoxy) is 1. The fourth-order valence-electron chi connectivity index (χ4n) is 2.10. The first-order chi connectivity index (χ1) is 8.20. The predicted molar refractivity (Wildman–Crippen MR) is 65.8 cm³/mol. The average Bonchev–Trinajstić information content (AvgIpc) is 2.39. The Morgan fingerprint density at radius 1 is 1.47 bits per heavy atom. The fraction of sp³-hybridized carbons (Fsp3) is 0.917. The quantitative estimate of drug-likeness (QED) is 0.711. The normalized spacial score (nSPS) is 18.5. The summed E-state index contributed by atoms with van der Waals surface area (Å²) in [7, 11) is 0. The van der Waals surface area contributed by atoms with Gasteiger partial charge in [0, 0.05) is 26.2 Å². The lowest BCUT2D eigenvalue weighted by atomic mass is 10.2. The van der Waals surface area contributed by atoms with Crippen LogP contribution in [0.2, 0.25) is 0 Å². The number of aliphatic hydroxyl groups is 1. The molecule has 1 amide bonds.